The SMILES string of the molecule is CCCNc1cc(NCCCC(C)O)nc(CC)n1. The maximum absolute atomic E-state index is 9.21. The van der Waals surface area contributed by atoms with Gasteiger partial charge in [0.05, 0.1) is 6.10 Å². The van der Waals surface area contributed by atoms with Crippen molar-refractivity contribution in [1.29, 1.82) is 0 Å². The number of nitrogens with zero attached hydrogens (tertiary/aromatic N) is 2. The van der Waals surface area contributed by atoms with Crippen molar-refractivity contribution in [2.75, 3.05) is 23.7 Å². The van der Waals surface area contributed by atoms with E-state index in [4.69, 9.17) is 0 Å². The summed E-state index contributed by atoms with van der Waals surface area (Å²) in [5.74, 6) is 2.59. The molecular formula is C14H26N4O. The fourth-order valence-electron chi connectivity index (χ4n) is 1.70. The van der Waals surface area contributed by atoms with Crippen LogP contribution in [0.1, 0.15) is 45.9 Å². The van der Waals surface area contributed by atoms with Crippen LogP contribution in [-0.2, 0) is 6.42 Å². The molecule has 1 atom stereocenters. The predicted octanol–water partition coefficient (Wildman–Crippen LogP) is 2.43. The second-order valence-electron chi connectivity index (χ2n) is 4.75. The average Bonchev–Trinajstić information content (AvgIpc) is 2.41. The molecule has 0 saturated carbocycles. The molecule has 0 fully saturated rings. The van der Waals surface area contributed by atoms with E-state index in [-0.39, 0.29) is 6.10 Å². The summed E-state index contributed by atoms with van der Waals surface area (Å²) in [5.41, 5.74) is 0. The van der Waals surface area contributed by atoms with Crippen molar-refractivity contribution in [2.45, 2.75) is 52.6 Å². The van der Waals surface area contributed by atoms with Crippen LogP contribution in [0.2, 0.25) is 0 Å². The molecule has 0 aliphatic heterocycles. The van der Waals surface area contributed by atoms with Crippen LogP contribution in [0.3, 0.4) is 0 Å². The Bertz CT molecular complexity index is 368. The van der Waals surface area contributed by atoms with Crippen molar-refractivity contribution in [1.82, 2.24) is 9.97 Å². The summed E-state index contributed by atoms with van der Waals surface area (Å²) in [6, 6.07) is 1.94. The van der Waals surface area contributed by atoms with E-state index < -0.39 is 0 Å². The largest absolute Gasteiger partial charge is 0.393 e. The molecule has 1 unspecified atom stereocenters. The van der Waals surface area contributed by atoms with E-state index in [9.17, 15) is 5.11 Å². The normalized spacial score (nSPS) is 12.2. The quantitative estimate of drug-likeness (QED) is 0.599. The highest BCUT2D eigenvalue weighted by atomic mass is 16.3. The van der Waals surface area contributed by atoms with Crippen molar-refractivity contribution >= 4 is 11.6 Å². The van der Waals surface area contributed by atoms with Gasteiger partial charge in [-0.05, 0) is 26.2 Å². The number of rotatable bonds is 9. The minimum atomic E-state index is -0.236. The molecule has 0 amide bonds. The lowest BCUT2D eigenvalue weighted by atomic mass is 10.2. The Kier molecular flexibility index (Phi) is 7.18. The predicted molar refractivity (Wildman–Crippen MR) is 79.6 cm³/mol. The Balaban J connectivity index is 2.55. The highest BCUT2D eigenvalue weighted by molar-refractivity contribution is 5.47. The van der Waals surface area contributed by atoms with E-state index in [2.05, 4.69) is 34.4 Å². The van der Waals surface area contributed by atoms with Gasteiger partial charge < -0.3 is 15.7 Å². The molecule has 5 heteroatoms. The molecule has 1 heterocycles. The topological polar surface area (TPSA) is 70.1 Å². The maximum Gasteiger partial charge on any atom is 0.132 e. The van der Waals surface area contributed by atoms with Gasteiger partial charge in [-0.1, -0.05) is 13.8 Å². The molecule has 3 N–H and O–H groups in total. The minimum Gasteiger partial charge on any atom is -0.393 e. The molecule has 108 valence electrons. The molecule has 1 aromatic rings. The van der Waals surface area contributed by atoms with Crippen molar-refractivity contribution < 1.29 is 5.11 Å². The van der Waals surface area contributed by atoms with Gasteiger partial charge in [0, 0.05) is 25.6 Å². The number of aliphatic hydroxyl groups excluding tert-OH is 1. The number of hydrogen-bond acceptors (Lipinski definition) is 5. The first-order chi connectivity index (χ1) is 9.15. The summed E-state index contributed by atoms with van der Waals surface area (Å²) in [5, 5.41) is 15.8. The van der Waals surface area contributed by atoms with E-state index in [1.165, 1.54) is 0 Å². The molecule has 19 heavy (non-hydrogen) atoms. The van der Waals surface area contributed by atoms with Crippen molar-refractivity contribution in [2.24, 2.45) is 0 Å². The minimum absolute atomic E-state index is 0.236. The molecule has 5 nitrogen and oxygen atoms in total. The Morgan fingerprint density at radius 2 is 1.79 bits per heavy atom. The van der Waals surface area contributed by atoms with Crippen LogP contribution < -0.4 is 10.6 Å². The second kappa shape index (κ2) is 8.69. The van der Waals surface area contributed by atoms with Gasteiger partial charge in [-0.2, -0.15) is 0 Å². The van der Waals surface area contributed by atoms with Gasteiger partial charge in [0.1, 0.15) is 17.5 Å². The number of aryl methyl sites for hydroxylation is 1. The molecule has 0 saturated heterocycles. The standard InChI is InChI=1S/C14H26N4O/c1-4-8-15-13-10-14(18-12(5-2)17-13)16-9-6-7-11(3)19/h10-11,19H,4-9H2,1-3H3,(H2,15,16,17,18). The molecule has 1 aromatic heterocycles. The van der Waals surface area contributed by atoms with E-state index in [0.29, 0.717) is 0 Å². The van der Waals surface area contributed by atoms with E-state index in [1.807, 2.05) is 13.0 Å². The Morgan fingerprint density at radius 1 is 1.16 bits per heavy atom. The molecule has 0 aromatic carbocycles. The van der Waals surface area contributed by atoms with E-state index in [0.717, 1.165) is 56.2 Å². The Labute approximate surface area is 115 Å². The van der Waals surface area contributed by atoms with Gasteiger partial charge >= 0.3 is 0 Å². The van der Waals surface area contributed by atoms with Crippen LogP contribution in [0.5, 0.6) is 0 Å². The lowest BCUT2D eigenvalue weighted by Crippen LogP contribution is -2.10. The van der Waals surface area contributed by atoms with Gasteiger partial charge in [-0.3, -0.25) is 0 Å². The molecule has 0 aliphatic carbocycles. The lowest BCUT2D eigenvalue weighted by Gasteiger charge is -2.11. The van der Waals surface area contributed by atoms with Crippen LogP contribution in [-0.4, -0.2) is 34.3 Å². The zero-order chi connectivity index (χ0) is 14.1. The maximum atomic E-state index is 9.21. The monoisotopic (exact) mass is 266 g/mol. The molecule has 1 rings (SSSR count). The fraction of sp³-hybridized carbons (Fsp3) is 0.714. The fourth-order valence-corrected chi connectivity index (χ4v) is 1.70. The van der Waals surface area contributed by atoms with Gasteiger partial charge in [0.15, 0.2) is 0 Å². The number of aromatic nitrogens is 2. The van der Waals surface area contributed by atoms with Crippen LogP contribution in [0.25, 0.3) is 0 Å². The first-order valence-corrected chi connectivity index (χ1v) is 7.19. The van der Waals surface area contributed by atoms with Crippen LogP contribution in [0.15, 0.2) is 6.07 Å². The van der Waals surface area contributed by atoms with Gasteiger partial charge in [-0.15, -0.1) is 0 Å². The third kappa shape index (κ3) is 6.38. The van der Waals surface area contributed by atoms with Gasteiger partial charge in [-0.25, -0.2) is 9.97 Å². The molecule has 0 aliphatic rings. The number of hydrogen-bond donors (Lipinski definition) is 3. The first-order valence-electron chi connectivity index (χ1n) is 7.19. The second-order valence-corrected chi connectivity index (χ2v) is 4.75. The number of aliphatic hydroxyl groups is 1. The van der Waals surface area contributed by atoms with E-state index in [1.54, 1.807) is 0 Å². The van der Waals surface area contributed by atoms with Gasteiger partial charge in [0.2, 0.25) is 0 Å². The highest BCUT2D eigenvalue weighted by Gasteiger charge is 2.03. The smallest absolute Gasteiger partial charge is 0.132 e. The third-order valence-corrected chi connectivity index (χ3v) is 2.75. The summed E-state index contributed by atoms with van der Waals surface area (Å²) < 4.78 is 0. The summed E-state index contributed by atoms with van der Waals surface area (Å²) in [4.78, 5) is 8.90. The third-order valence-electron chi connectivity index (χ3n) is 2.75. The van der Waals surface area contributed by atoms with Crippen molar-refractivity contribution in [3.05, 3.63) is 11.9 Å². The van der Waals surface area contributed by atoms with Crippen LogP contribution >= 0.6 is 0 Å². The molecule has 0 radical (unpaired) electrons. The van der Waals surface area contributed by atoms with E-state index >= 15 is 0 Å². The summed E-state index contributed by atoms with van der Waals surface area (Å²) in [6.45, 7) is 7.73. The van der Waals surface area contributed by atoms with Crippen molar-refractivity contribution in [3.8, 4) is 0 Å². The zero-order valence-electron chi connectivity index (χ0n) is 12.2. The first kappa shape index (κ1) is 15.7. The average molecular weight is 266 g/mol. The summed E-state index contributed by atoms with van der Waals surface area (Å²) in [7, 11) is 0. The van der Waals surface area contributed by atoms with Crippen LogP contribution in [0.4, 0.5) is 11.6 Å². The van der Waals surface area contributed by atoms with Gasteiger partial charge in [0.25, 0.3) is 0 Å². The Morgan fingerprint density at radius 3 is 2.32 bits per heavy atom. The highest BCUT2D eigenvalue weighted by Crippen LogP contribution is 2.12. The number of nitrogens with one attached hydrogen (secondary N) is 2. The Hall–Kier alpha value is -1.36. The van der Waals surface area contributed by atoms with Crippen LogP contribution in [0, 0.1) is 0 Å². The molecular weight excluding hydrogens is 240 g/mol. The molecule has 0 bridgehead atoms. The molecule has 0 spiro atoms. The van der Waals surface area contributed by atoms with Crippen molar-refractivity contribution in [3.63, 3.8) is 0 Å². The zero-order valence-corrected chi connectivity index (χ0v) is 12.2. The lowest BCUT2D eigenvalue weighted by molar-refractivity contribution is 0.183. The number of anilines is 2. The summed E-state index contributed by atoms with van der Waals surface area (Å²) in [6.07, 6.45) is 3.40. The summed E-state index contributed by atoms with van der Waals surface area (Å²) >= 11 is 0.